The SMILES string of the molecule is CCN(CCCO)C(=O)c1cc(Cl)ccc1[N+](=O)[O-]. The fourth-order valence-corrected chi connectivity index (χ4v) is 1.85. The number of carbonyl (C=O) groups excluding carboxylic acids is 1. The average molecular weight is 287 g/mol. The van der Waals surface area contributed by atoms with Crippen molar-refractivity contribution in [2.75, 3.05) is 19.7 Å². The molecule has 0 aliphatic rings. The van der Waals surface area contributed by atoms with Gasteiger partial charge in [-0.05, 0) is 25.5 Å². The highest BCUT2D eigenvalue weighted by Gasteiger charge is 2.24. The number of nitro benzene ring substituents is 1. The number of nitrogens with zero attached hydrogens (tertiary/aromatic N) is 2. The van der Waals surface area contributed by atoms with Crippen LogP contribution in [0.3, 0.4) is 0 Å². The standard InChI is InChI=1S/C12H15ClN2O4/c1-2-14(6-3-7-16)12(17)10-8-9(13)4-5-11(10)15(18)19/h4-5,8,16H,2-3,6-7H2,1H3. The van der Waals surface area contributed by atoms with Gasteiger partial charge in [0.25, 0.3) is 11.6 Å². The number of aliphatic hydroxyl groups is 1. The molecule has 0 saturated carbocycles. The van der Waals surface area contributed by atoms with Gasteiger partial charge in [-0.15, -0.1) is 0 Å². The minimum absolute atomic E-state index is 0.0303. The molecule has 0 heterocycles. The molecular weight excluding hydrogens is 272 g/mol. The zero-order valence-corrected chi connectivity index (χ0v) is 11.3. The van der Waals surface area contributed by atoms with Crippen LogP contribution < -0.4 is 0 Å². The first-order valence-electron chi connectivity index (χ1n) is 5.85. The highest BCUT2D eigenvalue weighted by atomic mass is 35.5. The first kappa shape index (κ1) is 15.4. The van der Waals surface area contributed by atoms with Crippen LogP contribution in [0.15, 0.2) is 18.2 Å². The van der Waals surface area contributed by atoms with Crippen molar-refractivity contribution in [2.24, 2.45) is 0 Å². The molecule has 0 fully saturated rings. The molecule has 0 aliphatic heterocycles. The largest absolute Gasteiger partial charge is 0.396 e. The van der Waals surface area contributed by atoms with Gasteiger partial charge >= 0.3 is 0 Å². The zero-order chi connectivity index (χ0) is 14.4. The van der Waals surface area contributed by atoms with Gasteiger partial charge in [0.15, 0.2) is 0 Å². The summed E-state index contributed by atoms with van der Waals surface area (Å²) in [5, 5.41) is 20.0. The van der Waals surface area contributed by atoms with Crippen molar-refractivity contribution in [1.82, 2.24) is 4.90 Å². The van der Waals surface area contributed by atoms with Gasteiger partial charge in [-0.1, -0.05) is 11.6 Å². The number of rotatable bonds is 6. The fourth-order valence-electron chi connectivity index (χ4n) is 1.67. The van der Waals surface area contributed by atoms with Crippen molar-refractivity contribution < 1.29 is 14.8 Å². The molecule has 1 aromatic carbocycles. The van der Waals surface area contributed by atoms with Crippen molar-refractivity contribution >= 4 is 23.2 Å². The zero-order valence-electron chi connectivity index (χ0n) is 10.5. The van der Waals surface area contributed by atoms with E-state index in [2.05, 4.69) is 0 Å². The summed E-state index contributed by atoms with van der Waals surface area (Å²) in [5.74, 6) is -0.454. The van der Waals surface area contributed by atoms with E-state index >= 15 is 0 Å². The van der Waals surface area contributed by atoms with Crippen molar-refractivity contribution in [1.29, 1.82) is 0 Å². The Morgan fingerprint density at radius 3 is 2.74 bits per heavy atom. The van der Waals surface area contributed by atoms with Crippen LogP contribution in [0.1, 0.15) is 23.7 Å². The highest BCUT2D eigenvalue weighted by molar-refractivity contribution is 6.31. The Labute approximate surface area is 115 Å². The Balaban J connectivity index is 3.09. The van der Waals surface area contributed by atoms with E-state index in [1.165, 1.54) is 23.1 Å². The molecule has 0 unspecified atom stereocenters. The third kappa shape index (κ3) is 3.90. The molecule has 0 bridgehead atoms. The quantitative estimate of drug-likeness (QED) is 0.641. The molecule has 0 spiro atoms. The smallest absolute Gasteiger partial charge is 0.282 e. The number of nitro groups is 1. The maximum atomic E-state index is 12.2. The summed E-state index contributed by atoms with van der Waals surface area (Å²) in [5.41, 5.74) is -0.297. The number of hydrogen-bond donors (Lipinski definition) is 1. The number of halogens is 1. The number of benzene rings is 1. The van der Waals surface area contributed by atoms with Crippen molar-refractivity contribution in [3.63, 3.8) is 0 Å². The second kappa shape index (κ2) is 7.06. The second-order valence-corrected chi connectivity index (χ2v) is 4.32. The van der Waals surface area contributed by atoms with E-state index < -0.39 is 10.8 Å². The van der Waals surface area contributed by atoms with Gasteiger partial charge in [0.2, 0.25) is 0 Å². The van der Waals surface area contributed by atoms with E-state index in [-0.39, 0.29) is 22.9 Å². The number of carbonyl (C=O) groups is 1. The van der Waals surface area contributed by atoms with Crippen molar-refractivity contribution in [3.05, 3.63) is 38.9 Å². The van der Waals surface area contributed by atoms with Crippen molar-refractivity contribution in [2.45, 2.75) is 13.3 Å². The van der Waals surface area contributed by atoms with Crippen LogP contribution in [0.25, 0.3) is 0 Å². The summed E-state index contributed by atoms with van der Waals surface area (Å²) in [7, 11) is 0. The van der Waals surface area contributed by atoms with Crippen LogP contribution in [0.2, 0.25) is 5.02 Å². The Bertz CT molecular complexity index is 479. The second-order valence-electron chi connectivity index (χ2n) is 3.88. The predicted octanol–water partition coefficient (Wildman–Crippen LogP) is 2.09. The summed E-state index contributed by atoms with van der Waals surface area (Å²) in [6, 6.07) is 3.89. The number of aliphatic hydroxyl groups excluding tert-OH is 1. The van der Waals surface area contributed by atoms with Crippen LogP contribution in [-0.2, 0) is 0 Å². The van der Waals surface area contributed by atoms with E-state index in [1.54, 1.807) is 6.92 Å². The molecule has 1 rings (SSSR count). The molecule has 104 valence electrons. The maximum absolute atomic E-state index is 12.2. The molecule has 0 radical (unpaired) electrons. The molecule has 19 heavy (non-hydrogen) atoms. The van der Waals surface area contributed by atoms with E-state index in [4.69, 9.17) is 16.7 Å². The third-order valence-electron chi connectivity index (χ3n) is 2.64. The molecule has 7 heteroatoms. The Morgan fingerprint density at radius 1 is 1.53 bits per heavy atom. The molecule has 0 saturated heterocycles. The Hall–Kier alpha value is -1.66. The monoisotopic (exact) mass is 286 g/mol. The predicted molar refractivity (Wildman–Crippen MR) is 71.4 cm³/mol. The van der Waals surface area contributed by atoms with Gasteiger partial charge in [0.05, 0.1) is 4.92 Å². The molecular formula is C12H15ClN2O4. The lowest BCUT2D eigenvalue weighted by Crippen LogP contribution is -2.32. The van der Waals surface area contributed by atoms with Crippen LogP contribution in [-0.4, -0.2) is 40.5 Å². The summed E-state index contributed by atoms with van der Waals surface area (Å²) in [4.78, 5) is 24.0. The van der Waals surface area contributed by atoms with Gasteiger partial charge in [-0.3, -0.25) is 14.9 Å². The Morgan fingerprint density at radius 2 is 2.21 bits per heavy atom. The molecule has 0 aliphatic carbocycles. The van der Waals surface area contributed by atoms with Gasteiger partial charge in [-0.2, -0.15) is 0 Å². The molecule has 1 N–H and O–H groups in total. The van der Waals surface area contributed by atoms with Gasteiger partial charge in [0.1, 0.15) is 5.56 Å². The summed E-state index contributed by atoms with van der Waals surface area (Å²) < 4.78 is 0. The van der Waals surface area contributed by atoms with E-state index in [9.17, 15) is 14.9 Å². The molecule has 0 aromatic heterocycles. The maximum Gasteiger partial charge on any atom is 0.282 e. The van der Waals surface area contributed by atoms with Crippen LogP contribution in [0.4, 0.5) is 5.69 Å². The van der Waals surface area contributed by atoms with Crippen molar-refractivity contribution in [3.8, 4) is 0 Å². The normalized spacial score (nSPS) is 10.3. The fraction of sp³-hybridized carbons (Fsp3) is 0.417. The molecule has 0 atom stereocenters. The highest BCUT2D eigenvalue weighted by Crippen LogP contribution is 2.24. The minimum atomic E-state index is -0.608. The van der Waals surface area contributed by atoms with E-state index in [0.29, 0.717) is 19.5 Å². The van der Waals surface area contributed by atoms with E-state index in [1.807, 2.05) is 0 Å². The van der Waals surface area contributed by atoms with Gasteiger partial charge in [0, 0.05) is 30.8 Å². The van der Waals surface area contributed by atoms with Crippen LogP contribution in [0.5, 0.6) is 0 Å². The number of hydrogen-bond acceptors (Lipinski definition) is 4. The topological polar surface area (TPSA) is 83.7 Å². The van der Waals surface area contributed by atoms with Gasteiger partial charge < -0.3 is 10.0 Å². The van der Waals surface area contributed by atoms with Crippen LogP contribution in [0, 0.1) is 10.1 Å². The summed E-state index contributed by atoms with van der Waals surface area (Å²) in [6.07, 6.45) is 0.425. The lowest BCUT2D eigenvalue weighted by Gasteiger charge is -2.20. The summed E-state index contributed by atoms with van der Waals surface area (Å²) in [6.45, 7) is 2.48. The van der Waals surface area contributed by atoms with Gasteiger partial charge in [-0.25, -0.2) is 0 Å². The molecule has 1 aromatic rings. The third-order valence-corrected chi connectivity index (χ3v) is 2.88. The lowest BCUT2D eigenvalue weighted by molar-refractivity contribution is -0.385. The van der Waals surface area contributed by atoms with Crippen LogP contribution >= 0.6 is 11.6 Å². The molecule has 6 nitrogen and oxygen atoms in total. The Kier molecular flexibility index (Phi) is 5.72. The average Bonchev–Trinajstić information content (AvgIpc) is 2.38. The number of amides is 1. The summed E-state index contributed by atoms with van der Waals surface area (Å²) >= 11 is 5.78. The minimum Gasteiger partial charge on any atom is -0.396 e. The first-order valence-corrected chi connectivity index (χ1v) is 6.23. The lowest BCUT2D eigenvalue weighted by atomic mass is 10.1. The first-order chi connectivity index (χ1) is 9.01. The molecule has 1 amide bonds. The van der Waals surface area contributed by atoms with E-state index in [0.717, 1.165) is 0 Å².